The molecular formula is C18H21BrN2O5S2. The van der Waals surface area contributed by atoms with Crippen LogP contribution in [0.1, 0.15) is 30.6 Å². The number of amides is 1. The molecule has 10 heteroatoms. The third kappa shape index (κ3) is 6.61. The van der Waals surface area contributed by atoms with Crippen molar-refractivity contribution in [1.82, 2.24) is 5.32 Å². The van der Waals surface area contributed by atoms with Crippen molar-refractivity contribution < 1.29 is 22.7 Å². The molecular weight excluding hydrogens is 468 g/mol. The van der Waals surface area contributed by atoms with Crippen molar-refractivity contribution in [2.24, 2.45) is 5.92 Å². The van der Waals surface area contributed by atoms with Gasteiger partial charge in [0.25, 0.3) is 15.9 Å². The first-order chi connectivity index (χ1) is 13.2. The summed E-state index contributed by atoms with van der Waals surface area (Å²) in [5.74, 6) is -0.744. The highest BCUT2D eigenvalue weighted by molar-refractivity contribution is 9.11. The fraction of sp³-hybridized carbons (Fsp3) is 0.333. The summed E-state index contributed by atoms with van der Waals surface area (Å²) in [6.45, 7) is 4.15. The number of ether oxygens (including phenoxy) is 1. The Kier molecular flexibility index (Phi) is 8.02. The van der Waals surface area contributed by atoms with E-state index in [2.05, 4.69) is 26.0 Å². The molecule has 0 spiro atoms. The van der Waals surface area contributed by atoms with Gasteiger partial charge in [0.05, 0.1) is 15.0 Å². The van der Waals surface area contributed by atoms with Gasteiger partial charge in [-0.1, -0.05) is 26.0 Å². The molecule has 2 aromatic rings. The molecule has 2 N–H and O–H groups in total. The highest BCUT2D eigenvalue weighted by Crippen LogP contribution is 2.28. The van der Waals surface area contributed by atoms with Crippen LogP contribution in [0.4, 0.5) is 5.69 Å². The van der Waals surface area contributed by atoms with Crippen molar-refractivity contribution >= 4 is 54.9 Å². The smallest absolute Gasteiger partial charge is 0.340 e. The molecule has 0 atom stereocenters. The van der Waals surface area contributed by atoms with Crippen LogP contribution in [-0.4, -0.2) is 33.4 Å². The van der Waals surface area contributed by atoms with Gasteiger partial charge >= 0.3 is 5.97 Å². The van der Waals surface area contributed by atoms with Gasteiger partial charge in [-0.3, -0.25) is 9.52 Å². The molecule has 7 nitrogen and oxygen atoms in total. The highest BCUT2D eigenvalue weighted by Gasteiger charge is 2.21. The number of benzene rings is 1. The lowest BCUT2D eigenvalue weighted by molar-refractivity contribution is -0.124. The zero-order valence-corrected chi connectivity index (χ0v) is 18.6. The number of nitrogens with one attached hydrogen (secondary N) is 2. The number of carbonyl (C=O) groups excluding carboxylic acids is 2. The Morgan fingerprint density at radius 3 is 2.54 bits per heavy atom. The number of hydrogen-bond acceptors (Lipinski definition) is 6. The lowest BCUT2D eigenvalue weighted by atomic mass is 10.1. The first kappa shape index (κ1) is 22.4. The number of carbonyl (C=O) groups is 2. The molecule has 1 aromatic carbocycles. The SMILES string of the molecule is CC(C)CCNC(=O)COC(=O)c1ccccc1NS(=O)(=O)c1ccc(Br)s1. The van der Waals surface area contributed by atoms with Crippen molar-refractivity contribution in [3.8, 4) is 0 Å². The summed E-state index contributed by atoms with van der Waals surface area (Å²) in [7, 11) is -3.85. The third-order valence-electron chi connectivity index (χ3n) is 3.58. The van der Waals surface area contributed by atoms with Gasteiger partial charge in [0.2, 0.25) is 0 Å². The van der Waals surface area contributed by atoms with Crippen LogP contribution in [0.5, 0.6) is 0 Å². The molecule has 0 saturated heterocycles. The second kappa shape index (κ2) is 10.0. The standard InChI is InChI=1S/C18H21BrN2O5S2/c1-12(2)9-10-20-16(22)11-26-18(23)13-5-3-4-6-14(13)21-28(24,25)17-8-7-15(19)27-17/h3-8,12,21H,9-11H2,1-2H3,(H,20,22). The van der Waals surface area contributed by atoms with E-state index in [1.165, 1.54) is 18.2 Å². The summed E-state index contributed by atoms with van der Waals surface area (Å²) >= 11 is 4.27. The Hall–Kier alpha value is -1.91. The van der Waals surface area contributed by atoms with Crippen LogP contribution in [-0.2, 0) is 19.6 Å². The van der Waals surface area contributed by atoms with Crippen molar-refractivity contribution in [1.29, 1.82) is 0 Å². The average Bonchev–Trinajstić information content (AvgIpc) is 3.07. The molecule has 0 aliphatic heterocycles. The number of anilines is 1. The van der Waals surface area contributed by atoms with E-state index in [0.29, 0.717) is 16.2 Å². The summed E-state index contributed by atoms with van der Waals surface area (Å²) in [6.07, 6.45) is 0.823. The van der Waals surface area contributed by atoms with Gasteiger partial charge in [0, 0.05) is 6.54 Å². The summed E-state index contributed by atoms with van der Waals surface area (Å²) < 4.78 is 33.2. The molecule has 0 aliphatic rings. The van der Waals surface area contributed by atoms with Gasteiger partial charge in [-0.15, -0.1) is 11.3 Å². The summed E-state index contributed by atoms with van der Waals surface area (Å²) in [6, 6.07) is 9.15. The number of hydrogen-bond donors (Lipinski definition) is 2. The zero-order chi connectivity index (χ0) is 20.7. The predicted molar refractivity (Wildman–Crippen MR) is 112 cm³/mol. The highest BCUT2D eigenvalue weighted by atomic mass is 79.9. The molecule has 1 heterocycles. The van der Waals surface area contributed by atoms with Crippen LogP contribution in [0.3, 0.4) is 0 Å². The fourth-order valence-corrected chi connectivity index (χ4v) is 5.24. The molecule has 0 fully saturated rings. The molecule has 1 amide bonds. The normalized spacial score (nSPS) is 11.3. The molecule has 0 aliphatic carbocycles. The van der Waals surface area contributed by atoms with Crippen molar-refractivity contribution in [2.45, 2.75) is 24.5 Å². The number of thiophene rings is 1. The number of halogens is 1. The summed E-state index contributed by atoms with van der Waals surface area (Å²) in [4.78, 5) is 24.1. The molecule has 1 aromatic heterocycles. The predicted octanol–water partition coefficient (Wildman–Crippen LogP) is 3.63. The van der Waals surface area contributed by atoms with E-state index in [4.69, 9.17) is 4.74 Å². The Balaban J connectivity index is 2.03. The van der Waals surface area contributed by atoms with E-state index < -0.39 is 28.5 Å². The van der Waals surface area contributed by atoms with E-state index in [1.807, 2.05) is 13.8 Å². The minimum atomic E-state index is -3.85. The van der Waals surface area contributed by atoms with Crippen LogP contribution in [0.25, 0.3) is 0 Å². The minimum Gasteiger partial charge on any atom is -0.452 e. The maximum atomic E-state index is 12.5. The second-order valence-corrected chi connectivity index (χ2v) is 10.7. The minimum absolute atomic E-state index is 0.0247. The zero-order valence-electron chi connectivity index (χ0n) is 15.4. The van der Waals surface area contributed by atoms with Crippen LogP contribution >= 0.6 is 27.3 Å². The van der Waals surface area contributed by atoms with Crippen LogP contribution in [0.2, 0.25) is 0 Å². The maximum Gasteiger partial charge on any atom is 0.340 e. The van der Waals surface area contributed by atoms with Crippen LogP contribution < -0.4 is 10.0 Å². The molecule has 0 unspecified atom stereocenters. The fourth-order valence-electron chi connectivity index (χ4n) is 2.15. The Bertz CT molecular complexity index is 941. The Labute approximate surface area is 176 Å². The van der Waals surface area contributed by atoms with Gasteiger partial charge in [0.15, 0.2) is 6.61 Å². The van der Waals surface area contributed by atoms with E-state index in [9.17, 15) is 18.0 Å². The molecule has 0 bridgehead atoms. The Morgan fingerprint density at radius 2 is 1.89 bits per heavy atom. The van der Waals surface area contributed by atoms with Crippen molar-refractivity contribution in [3.05, 3.63) is 45.7 Å². The monoisotopic (exact) mass is 488 g/mol. The van der Waals surface area contributed by atoms with Gasteiger partial charge < -0.3 is 10.1 Å². The van der Waals surface area contributed by atoms with E-state index >= 15 is 0 Å². The molecule has 0 saturated carbocycles. The van der Waals surface area contributed by atoms with E-state index in [-0.39, 0.29) is 15.5 Å². The lowest BCUT2D eigenvalue weighted by Crippen LogP contribution is -2.30. The van der Waals surface area contributed by atoms with E-state index in [0.717, 1.165) is 17.8 Å². The average molecular weight is 489 g/mol. The molecule has 152 valence electrons. The van der Waals surface area contributed by atoms with Crippen LogP contribution in [0, 0.1) is 5.92 Å². The Morgan fingerprint density at radius 1 is 1.18 bits per heavy atom. The number of rotatable bonds is 9. The number of esters is 1. The molecule has 0 radical (unpaired) electrons. The van der Waals surface area contributed by atoms with Crippen LogP contribution in [0.15, 0.2) is 44.4 Å². The van der Waals surface area contributed by atoms with Gasteiger partial charge in [-0.25, -0.2) is 13.2 Å². The van der Waals surface area contributed by atoms with Gasteiger partial charge in [-0.05, 0) is 52.5 Å². The molecule has 2 rings (SSSR count). The summed E-state index contributed by atoms with van der Waals surface area (Å²) in [5, 5.41) is 2.67. The van der Waals surface area contributed by atoms with Gasteiger partial charge in [0.1, 0.15) is 4.21 Å². The third-order valence-corrected chi connectivity index (χ3v) is 7.06. The number of para-hydroxylation sites is 1. The number of sulfonamides is 1. The van der Waals surface area contributed by atoms with E-state index in [1.54, 1.807) is 18.2 Å². The van der Waals surface area contributed by atoms with Crippen molar-refractivity contribution in [3.63, 3.8) is 0 Å². The summed E-state index contributed by atoms with van der Waals surface area (Å²) in [5.41, 5.74) is 0.105. The quantitative estimate of drug-likeness (QED) is 0.524. The maximum absolute atomic E-state index is 12.5. The van der Waals surface area contributed by atoms with Crippen molar-refractivity contribution in [2.75, 3.05) is 17.9 Å². The first-order valence-corrected chi connectivity index (χ1v) is 11.6. The van der Waals surface area contributed by atoms with Gasteiger partial charge in [-0.2, -0.15) is 0 Å². The molecule has 28 heavy (non-hydrogen) atoms. The lowest BCUT2D eigenvalue weighted by Gasteiger charge is -2.12. The first-order valence-electron chi connectivity index (χ1n) is 8.50. The topological polar surface area (TPSA) is 102 Å². The second-order valence-electron chi connectivity index (χ2n) is 6.32. The largest absolute Gasteiger partial charge is 0.452 e.